The quantitative estimate of drug-likeness (QED) is 0.377. The van der Waals surface area contributed by atoms with E-state index in [1.54, 1.807) is 35.1 Å². The summed E-state index contributed by atoms with van der Waals surface area (Å²) in [5.41, 5.74) is 4.41. The van der Waals surface area contributed by atoms with Crippen molar-refractivity contribution in [2.24, 2.45) is 0 Å². The van der Waals surface area contributed by atoms with Crippen molar-refractivity contribution in [2.45, 2.75) is 29.8 Å². The maximum absolute atomic E-state index is 13.4. The van der Waals surface area contributed by atoms with Crippen LogP contribution in [0.4, 0.5) is 0 Å². The van der Waals surface area contributed by atoms with Gasteiger partial charge in [-0.15, -0.1) is 11.3 Å². The molecule has 0 radical (unpaired) electrons. The Kier molecular flexibility index (Phi) is 6.38. The number of hydrogen-bond donors (Lipinski definition) is 3. The number of nitrogens with zero attached hydrogens (tertiary/aromatic N) is 1. The van der Waals surface area contributed by atoms with Gasteiger partial charge in [0.1, 0.15) is 10.3 Å². The predicted molar refractivity (Wildman–Crippen MR) is 119 cm³/mol. The lowest BCUT2D eigenvalue weighted by Gasteiger charge is -2.34. The van der Waals surface area contributed by atoms with Gasteiger partial charge in [0.2, 0.25) is 0 Å². The van der Waals surface area contributed by atoms with Crippen LogP contribution in [0.1, 0.15) is 27.0 Å². The summed E-state index contributed by atoms with van der Waals surface area (Å²) in [5, 5.41) is 13.6. The number of sulfonamides is 1. The first-order chi connectivity index (χ1) is 15.4. The predicted octanol–water partition coefficient (Wildman–Crippen LogP) is 2.30. The van der Waals surface area contributed by atoms with E-state index in [1.165, 1.54) is 6.07 Å². The van der Waals surface area contributed by atoms with E-state index in [2.05, 4.69) is 5.32 Å². The molecule has 2 amide bonds. The Balaban J connectivity index is 1.54. The molecule has 0 spiro atoms. The molecule has 1 aromatic heterocycles. The second-order valence-corrected chi connectivity index (χ2v) is 10.4. The number of hydroxylamine groups is 1. The van der Waals surface area contributed by atoms with E-state index in [9.17, 15) is 18.0 Å². The third-order valence-corrected chi connectivity index (χ3v) is 8.62. The molecule has 4 rings (SSSR count). The molecule has 0 aliphatic carbocycles. The van der Waals surface area contributed by atoms with E-state index < -0.39 is 22.0 Å². The Bertz CT molecular complexity index is 1240. The number of thiophene rings is 1. The second kappa shape index (κ2) is 9.21. The molecule has 0 saturated carbocycles. The molecule has 1 aliphatic rings. The van der Waals surface area contributed by atoms with Gasteiger partial charge in [0, 0.05) is 18.7 Å². The molecule has 3 N–H and O–H groups in total. The second-order valence-electron chi connectivity index (χ2n) is 7.34. The average Bonchev–Trinajstić information content (AvgIpc) is 3.31. The molecular formula is C22H21N3O5S2. The zero-order valence-corrected chi connectivity index (χ0v) is 18.5. The fraction of sp³-hybridized carbons (Fsp3) is 0.182. The van der Waals surface area contributed by atoms with E-state index in [4.69, 9.17) is 5.21 Å². The van der Waals surface area contributed by atoms with Gasteiger partial charge < -0.3 is 5.32 Å². The van der Waals surface area contributed by atoms with Crippen molar-refractivity contribution >= 4 is 33.2 Å². The van der Waals surface area contributed by atoms with Crippen molar-refractivity contribution in [3.63, 3.8) is 0 Å². The minimum atomic E-state index is -4.01. The Morgan fingerprint density at radius 1 is 1.06 bits per heavy atom. The molecule has 1 aliphatic heterocycles. The minimum Gasteiger partial charge on any atom is -0.348 e. The van der Waals surface area contributed by atoms with Crippen molar-refractivity contribution in [3.8, 4) is 0 Å². The highest BCUT2D eigenvalue weighted by Crippen LogP contribution is 2.32. The topological polar surface area (TPSA) is 116 Å². The molecule has 0 fully saturated rings. The summed E-state index contributed by atoms with van der Waals surface area (Å²) >= 11 is 1.03. The van der Waals surface area contributed by atoms with Gasteiger partial charge in [-0.1, -0.05) is 42.5 Å². The molecule has 32 heavy (non-hydrogen) atoms. The van der Waals surface area contributed by atoms with Crippen LogP contribution in [-0.2, 0) is 34.3 Å². The van der Waals surface area contributed by atoms with Gasteiger partial charge in [-0.2, -0.15) is 4.31 Å². The molecule has 166 valence electrons. The maximum atomic E-state index is 13.4. The molecule has 0 unspecified atom stereocenters. The normalized spacial score (nSPS) is 16.2. The third-order valence-electron chi connectivity index (χ3n) is 5.30. The molecule has 0 saturated heterocycles. The summed E-state index contributed by atoms with van der Waals surface area (Å²) in [4.78, 5) is 24.5. The first kappa shape index (κ1) is 22.2. The molecular weight excluding hydrogens is 450 g/mol. The number of carbonyl (C=O) groups excluding carboxylic acids is 2. The van der Waals surface area contributed by atoms with Gasteiger partial charge in [0.05, 0.1) is 0 Å². The highest BCUT2D eigenvalue weighted by atomic mass is 32.2. The van der Waals surface area contributed by atoms with Crippen LogP contribution in [0.5, 0.6) is 0 Å². The summed E-state index contributed by atoms with van der Waals surface area (Å²) in [6.45, 7) is 0.192. The molecule has 1 atom stereocenters. The Morgan fingerprint density at radius 3 is 2.47 bits per heavy atom. The summed E-state index contributed by atoms with van der Waals surface area (Å²) in [6.07, 6.45) is 0.160. The van der Waals surface area contributed by atoms with Gasteiger partial charge in [0.25, 0.3) is 21.8 Å². The zero-order chi connectivity index (χ0) is 22.7. The average molecular weight is 472 g/mol. The Labute approximate surface area is 189 Å². The van der Waals surface area contributed by atoms with Crippen LogP contribution in [0.3, 0.4) is 0 Å². The molecule has 0 bridgehead atoms. The number of amides is 2. The number of rotatable bonds is 6. The molecule has 2 heterocycles. The van der Waals surface area contributed by atoms with Crippen molar-refractivity contribution < 1.29 is 23.2 Å². The number of benzene rings is 2. The van der Waals surface area contributed by atoms with Crippen molar-refractivity contribution in [1.29, 1.82) is 0 Å². The van der Waals surface area contributed by atoms with E-state index in [1.807, 2.05) is 30.3 Å². The van der Waals surface area contributed by atoms with Crippen LogP contribution in [0.15, 0.2) is 70.3 Å². The van der Waals surface area contributed by atoms with Gasteiger partial charge in [-0.25, -0.2) is 13.9 Å². The lowest BCUT2D eigenvalue weighted by molar-refractivity contribution is -0.133. The van der Waals surface area contributed by atoms with Crippen molar-refractivity contribution in [3.05, 3.63) is 88.3 Å². The lowest BCUT2D eigenvalue weighted by Crippen LogP contribution is -2.51. The van der Waals surface area contributed by atoms with Gasteiger partial charge in [-0.05, 0) is 46.7 Å². The number of hydrogen-bond acceptors (Lipinski definition) is 6. The van der Waals surface area contributed by atoms with Crippen molar-refractivity contribution in [1.82, 2.24) is 15.1 Å². The van der Waals surface area contributed by atoms with Crippen molar-refractivity contribution in [2.75, 3.05) is 0 Å². The van der Waals surface area contributed by atoms with Crippen LogP contribution < -0.4 is 10.8 Å². The van der Waals surface area contributed by atoms with Gasteiger partial charge in [-0.3, -0.25) is 14.8 Å². The largest absolute Gasteiger partial charge is 0.348 e. The van der Waals surface area contributed by atoms with Gasteiger partial charge >= 0.3 is 0 Å². The van der Waals surface area contributed by atoms with Crippen LogP contribution in [0.2, 0.25) is 0 Å². The standard InChI is InChI=1S/C22H21N3O5S2/c26-21(16-6-2-1-3-7-16)23-12-15-10-20(31-14-15)32(29,30)25-13-18-9-5-4-8-17(18)11-19(25)22(27)24-28/h1-10,14,19,28H,11-13H2,(H,23,26)(H,24,27)/t19-/m1/s1. The zero-order valence-electron chi connectivity index (χ0n) is 16.9. The number of nitrogens with one attached hydrogen (secondary N) is 2. The first-order valence-corrected chi connectivity index (χ1v) is 12.2. The Morgan fingerprint density at radius 2 is 1.75 bits per heavy atom. The SMILES string of the molecule is O=C(NCc1csc(S(=O)(=O)N2Cc3ccccc3C[C@@H]2C(=O)NO)c1)c1ccccc1. The first-order valence-electron chi connectivity index (χ1n) is 9.83. The molecule has 10 heteroatoms. The van der Waals surface area contributed by atoms with Crippen LogP contribution in [-0.4, -0.2) is 35.8 Å². The van der Waals surface area contributed by atoms with Crippen LogP contribution in [0, 0.1) is 0 Å². The number of fused-ring (bicyclic) bond motifs is 1. The van der Waals surface area contributed by atoms with E-state index >= 15 is 0 Å². The summed E-state index contributed by atoms with van der Waals surface area (Å²) in [5.74, 6) is -1.04. The van der Waals surface area contributed by atoms with E-state index in [0.717, 1.165) is 26.8 Å². The smallest absolute Gasteiger partial charge is 0.262 e. The summed E-state index contributed by atoms with van der Waals surface area (Å²) in [6, 6.07) is 16.5. The fourth-order valence-corrected chi connectivity index (χ4v) is 6.52. The molecule has 3 aromatic rings. The van der Waals surface area contributed by atoms with E-state index in [0.29, 0.717) is 11.1 Å². The lowest BCUT2D eigenvalue weighted by atomic mass is 9.95. The Hall–Kier alpha value is -3.05. The summed E-state index contributed by atoms with van der Waals surface area (Å²) in [7, 11) is -4.01. The van der Waals surface area contributed by atoms with E-state index in [-0.39, 0.29) is 29.6 Å². The third kappa shape index (κ3) is 4.44. The maximum Gasteiger partial charge on any atom is 0.262 e. The van der Waals surface area contributed by atoms with Crippen LogP contribution >= 0.6 is 11.3 Å². The summed E-state index contributed by atoms with van der Waals surface area (Å²) < 4.78 is 28.0. The highest BCUT2D eigenvalue weighted by Gasteiger charge is 2.40. The monoisotopic (exact) mass is 471 g/mol. The fourth-order valence-electron chi connectivity index (χ4n) is 3.62. The number of carbonyl (C=O) groups is 2. The highest BCUT2D eigenvalue weighted by molar-refractivity contribution is 7.91. The van der Waals surface area contributed by atoms with Gasteiger partial charge in [0.15, 0.2) is 0 Å². The minimum absolute atomic E-state index is 0.0224. The van der Waals surface area contributed by atoms with Crippen LogP contribution in [0.25, 0.3) is 0 Å². The molecule has 8 nitrogen and oxygen atoms in total. The molecule has 2 aromatic carbocycles.